The molecule has 3 heteroatoms. The van der Waals surface area contributed by atoms with Gasteiger partial charge in [-0.15, -0.1) is 0 Å². The van der Waals surface area contributed by atoms with Crippen molar-refractivity contribution >= 4 is 5.78 Å². The molecule has 0 aliphatic heterocycles. The second-order valence-corrected chi connectivity index (χ2v) is 4.76. The van der Waals surface area contributed by atoms with Crippen molar-refractivity contribution in [1.29, 1.82) is 0 Å². The van der Waals surface area contributed by atoms with E-state index in [9.17, 15) is 9.90 Å². The van der Waals surface area contributed by atoms with Crippen LogP contribution in [0.5, 0.6) is 5.75 Å². The van der Waals surface area contributed by atoms with Gasteiger partial charge < -0.3 is 9.84 Å². The number of ketones is 1. The van der Waals surface area contributed by atoms with Crippen LogP contribution in [0, 0.1) is 5.92 Å². The van der Waals surface area contributed by atoms with E-state index >= 15 is 0 Å². The molecule has 0 saturated heterocycles. The van der Waals surface area contributed by atoms with Crippen molar-refractivity contribution in [2.45, 2.75) is 46.1 Å². The van der Waals surface area contributed by atoms with E-state index in [4.69, 9.17) is 4.74 Å². The van der Waals surface area contributed by atoms with Gasteiger partial charge in [0.1, 0.15) is 11.9 Å². The second kappa shape index (κ2) is 7.95. The zero-order chi connectivity index (χ0) is 14.3. The monoisotopic (exact) mass is 264 g/mol. The Labute approximate surface area is 115 Å². The van der Waals surface area contributed by atoms with Crippen LogP contribution < -0.4 is 4.74 Å². The maximum Gasteiger partial charge on any atom is 0.191 e. The quantitative estimate of drug-likeness (QED) is 0.731. The van der Waals surface area contributed by atoms with E-state index in [0.29, 0.717) is 12.2 Å². The fraction of sp³-hybridized carbons (Fsp3) is 0.562. The van der Waals surface area contributed by atoms with Gasteiger partial charge in [-0.25, -0.2) is 0 Å². The van der Waals surface area contributed by atoms with Gasteiger partial charge in [0.15, 0.2) is 5.78 Å². The molecule has 0 aromatic heterocycles. The lowest BCUT2D eigenvalue weighted by molar-refractivity contribution is 0.0588. The Bertz CT molecular complexity index is 379. The van der Waals surface area contributed by atoms with Crippen LogP contribution >= 0.6 is 0 Å². The Balaban J connectivity index is 2.71. The summed E-state index contributed by atoms with van der Waals surface area (Å²) in [5.74, 6) is 0.592. The molecular formula is C16H24O3. The third-order valence-electron chi connectivity index (χ3n) is 3.38. The number of hydrogen-bond donors (Lipinski definition) is 1. The number of carbonyl (C=O) groups is 1. The number of aliphatic hydroxyl groups is 1. The Morgan fingerprint density at radius 2 is 1.74 bits per heavy atom. The first kappa shape index (κ1) is 15.7. The summed E-state index contributed by atoms with van der Waals surface area (Å²) in [5.41, 5.74) is 0.545. The molecule has 1 aromatic carbocycles. The smallest absolute Gasteiger partial charge is 0.191 e. The highest BCUT2D eigenvalue weighted by Crippen LogP contribution is 2.19. The summed E-state index contributed by atoms with van der Waals surface area (Å²) in [4.78, 5) is 12.1. The van der Waals surface area contributed by atoms with Gasteiger partial charge in [0.05, 0.1) is 6.61 Å². The topological polar surface area (TPSA) is 46.5 Å². The Morgan fingerprint density at radius 3 is 2.21 bits per heavy atom. The van der Waals surface area contributed by atoms with Crippen molar-refractivity contribution in [3.05, 3.63) is 29.8 Å². The number of carbonyl (C=O) groups excluding carboxylic acids is 1. The van der Waals surface area contributed by atoms with Crippen molar-refractivity contribution in [3.63, 3.8) is 0 Å². The molecule has 0 spiro atoms. The molecule has 0 aliphatic rings. The van der Waals surface area contributed by atoms with E-state index in [1.165, 1.54) is 0 Å². The van der Waals surface area contributed by atoms with Crippen molar-refractivity contribution in [2.75, 3.05) is 6.61 Å². The second-order valence-electron chi connectivity index (χ2n) is 4.76. The predicted octanol–water partition coefficient (Wildman–Crippen LogP) is 3.46. The molecule has 1 atom stereocenters. The molecule has 0 amide bonds. The van der Waals surface area contributed by atoms with E-state index in [-0.39, 0.29) is 11.7 Å². The molecule has 3 nitrogen and oxygen atoms in total. The fourth-order valence-electron chi connectivity index (χ4n) is 2.06. The summed E-state index contributed by atoms with van der Waals surface area (Å²) in [7, 11) is 0. The van der Waals surface area contributed by atoms with Gasteiger partial charge in [-0.1, -0.05) is 33.6 Å². The highest BCUT2D eigenvalue weighted by Gasteiger charge is 2.24. The lowest BCUT2D eigenvalue weighted by atomic mass is 9.91. The van der Waals surface area contributed by atoms with Gasteiger partial charge in [0.2, 0.25) is 0 Å². The molecular weight excluding hydrogens is 240 g/mol. The van der Waals surface area contributed by atoms with Crippen LogP contribution in [0.1, 0.15) is 50.4 Å². The lowest BCUT2D eigenvalue weighted by Gasteiger charge is -2.18. The Kier molecular flexibility index (Phi) is 6.57. The summed E-state index contributed by atoms with van der Waals surface area (Å²) < 4.78 is 5.47. The summed E-state index contributed by atoms with van der Waals surface area (Å²) in [6.07, 6.45) is 1.66. The number of hydrogen-bond acceptors (Lipinski definition) is 3. The van der Waals surface area contributed by atoms with E-state index in [0.717, 1.165) is 25.0 Å². The van der Waals surface area contributed by atoms with E-state index < -0.39 is 6.10 Å². The standard InChI is InChI=1S/C16H24O3/c1-4-11-19-14-9-7-13(8-10-14)16(18)15(17)12(5-2)6-3/h7-10,12,15,17H,4-6,11H2,1-3H3. The van der Waals surface area contributed by atoms with E-state index in [1.54, 1.807) is 24.3 Å². The lowest BCUT2D eigenvalue weighted by Crippen LogP contribution is -2.28. The number of aliphatic hydroxyl groups excluding tert-OH is 1. The van der Waals surface area contributed by atoms with Gasteiger partial charge in [0, 0.05) is 5.56 Å². The first-order chi connectivity index (χ1) is 9.13. The van der Waals surface area contributed by atoms with E-state index in [2.05, 4.69) is 0 Å². The minimum atomic E-state index is -0.905. The van der Waals surface area contributed by atoms with Gasteiger partial charge in [-0.3, -0.25) is 4.79 Å². The van der Waals surface area contributed by atoms with Crippen LogP contribution in [-0.4, -0.2) is 23.6 Å². The average molecular weight is 264 g/mol. The highest BCUT2D eigenvalue weighted by molar-refractivity contribution is 5.99. The first-order valence-corrected chi connectivity index (χ1v) is 7.09. The van der Waals surface area contributed by atoms with Gasteiger partial charge in [-0.2, -0.15) is 0 Å². The van der Waals surface area contributed by atoms with Crippen LogP contribution in [0.4, 0.5) is 0 Å². The van der Waals surface area contributed by atoms with Crippen molar-refractivity contribution in [2.24, 2.45) is 5.92 Å². The maximum atomic E-state index is 12.1. The molecule has 1 rings (SSSR count). The Hall–Kier alpha value is -1.35. The van der Waals surface area contributed by atoms with Crippen LogP contribution in [0.25, 0.3) is 0 Å². The van der Waals surface area contributed by atoms with Gasteiger partial charge in [-0.05, 0) is 36.6 Å². The average Bonchev–Trinajstić information content (AvgIpc) is 2.46. The molecule has 1 unspecified atom stereocenters. The largest absolute Gasteiger partial charge is 0.494 e. The summed E-state index contributed by atoms with van der Waals surface area (Å²) in [6, 6.07) is 7.00. The number of benzene rings is 1. The zero-order valence-electron chi connectivity index (χ0n) is 12.1. The van der Waals surface area contributed by atoms with E-state index in [1.807, 2.05) is 20.8 Å². The van der Waals surface area contributed by atoms with Crippen molar-refractivity contribution < 1.29 is 14.6 Å². The minimum absolute atomic E-state index is 0.0310. The molecule has 19 heavy (non-hydrogen) atoms. The molecule has 1 aromatic rings. The normalized spacial score (nSPS) is 12.5. The highest BCUT2D eigenvalue weighted by atomic mass is 16.5. The van der Waals surface area contributed by atoms with Crippen LogP contribution in [0.15, 0.2) is 24.3 Å². The summed E-state index contributed by atoms with van der Waals surface area (Å²) in [5, 5.41) is 10.1. The predicted molar refractivity (Wildman–Crippen MR) is 76.6 cm³/mol. The van der Waals surface area contributed by atoms with Crippen LogP contribution in [-0.2, 0) is 0 Å². The van der Waals surface area contributed by atoms with Gasteiger partial charge >= 0.3 is 0 Å². The summed E-state index contributed by atoms with van der Waals surface area (Å²) in [6.45, 7) is 6.70. The summed E-state index contributed by atoms with van der Waals surface area (Å²) >= 11 is 0. The third kappa shape index (κ3) is 4.35. The van der Waals surface area contributed by atoms with Gasteiger partial charge in [0.25, 0.3) is 0 Å². The number of Topliss-reactive ketones (excluding diaryl/α,β-unsaturated/α-hetero) is 1. The molecule has 0 fully saturated rings. The first-order valence-electron chi connectivity index (χ1n) is 7.09. The third-order valence-corrected chi connectivity index (χ3v) is 3.38. The fourth-order valence-corrected chi connectivity index (χ4v) is 2.06. The number of ether oxygens (including phenoxy) is 1. The van der Waals surface area contributed by atoms with Crippen molar-refractivity contribution in [3.8, 4) is 5.75 Å². The van der Waals surface area contributed by atoms with Crippen molar-refractivity contribution in [1.82, 2.24) is 0 Å². The minimum Gasteiger partial charge on any atom is -0.494 e. The molecule has 0 saturated carbocycles. The Morgan fingerprint density at radius 1 is 1.16 bits per heavy atom. The maximum absolute atomic E-state index is 12.1. The molecule has 0 radical (unpaired) electrons. The SMILES string of the molecule is CCCOc1ccc(C(=O)C(O)C(CC)CC)cc1. The van der Waals surface area contributed by atoms with Crippen LogP contribution in [0.2, 0.25) is 0 Å². The zero-order valence-corrected chi connectivity index (χ0v) is 12.1. The molecule has 106 valence electrons. The molecule has 0 heterocycles. The molecule has 1 N–H and O–H groups in total. The number of rotatable bonds is 8. The molecule has 0 aliphatic carbocycles. The molecule has 0 bridgehead atoms. The van der Waals surface area contributed by atoms with Crippen LogP contribution in [0.3, 0.4) is 0 Å².